The molecule has 2 nitrogen and oxygen atoms in total. The molecule has 0 bridgehead atoms. The van der Waals surface area contributed by atoms with Crippen LogP contribution in [-0.2, 0) is 9.53 Å². The molecule has 0 N–H and O–H groups in total. The van der Waals surface area contributed by atoms with E-state index < -0.39 is 0 Å². The Bertz CT molecular complexity index is 208. The molecule has 0 aromatic heterocycles. The van der Waals surface area contributed by atoms with Gasteiger partial charge in [0, 0.05) is 0 Å². The summed E-state index contributed by atoms with van der Waals surface area (Å²) in [4.78, 5) is 11.6. The van der Waals surface area contributed by atoms with E-state index in [1.807, 2.05) is 19.1 Å². The highest BCUT2D eigenvalue weighted by Gasteiger charge is 2.25. The minimum atomic E-state index is -0.00495. The second-order valence-corrected chi connectivity index (χ2v) is 4.17. The second-order valence-electron chi connectivity index (χ2n) is 4.17. The van der Waals surface area contributed by atoms with Gasteiger partial charge in [-0.3, -0.25) is 4.79 Å². The third-order valence-corrected chi connectivity index (χ3v) is 2.83. The van der Waals surface area contributed by atoms with Crippen molar-refractivity contribution in [3.05, 3.63) is 12.2 Å². The SMILES string of the molecule is C/C=C/COC(=O)C1CCCC(C)C1. The van der Waals surface area contributed by atoms with Gasteiger partial charge in [0.05, 0.1) is 5.92 Å². The van der Waals surface area contributed by atoms with Crippen molar-refractivity contribution in [1.29, 1.82) is 0 Å². The van der Waals surface area contributed by atoms with Crippen LogP contribution in [0.15, 0.2) is 12.2 Å². The first kappa shape index (κ1) is 11.3. The van der Waals surface area contributed by atoms with Crippen LogP contribution in [0.25, 0.3) is 0 Å². The van der Waals surface area contributed by atoms with Gasteiger partial charge in [0.25, 0.3) is 0 Å². The first-order valence-corrected chi connectivity index (χ1v) is 5.51. The summed E-state index contributed by atoms with van der Waals surface area (Å²) in [6.07, 6.45) is 8.22. The summed E-state index contributed by atoms with van der Waals surface area (Å²) in [5.41, 5.74) is 0. The molecule has 14 heavy (non-hydrogen) atoms. The van der Waals surface area contributed by atoms with E-state index in [0.29, 0.717) is 12.5 Å². The Morgan fingerprint density at radius 1 is 1.50 bits per heavy atom. The van der Waals surface area contributed by atoms with E-state index in [1.54, 1.807) is 0 Å². The second kappa shape index (κ2) is 5.84. The van der Waals surface area contributed by atoms with Gasteiger partial charge in [-0.2, -0.15) is 0 Å². The van der Waals surface area contributed by atoms with E-state index in [4.69, 9.17) is 4.74 Å². The van der Waals surface area contributed by atoms with Crippen LogP contribution in [0.1, 0.15) is 39.5 Å². The molecule has 2 atom stereocenters. The fourth-order valence-electron chi connectivity index (χ4n) is 1.99. The Hall–Kier alpha value is -0.790. The standard InChI is InChI=1S/C12H20O2/c1-3-4-8-14-12(13)11-7-5-6-10(2)9-11/h3-4,10-11H,5-9H2,1-2H3/b4-3+. The maximum absolute atomic E-state index is 11.6. The van der Waals surface area contributed by atoms with Crippen LogP contribution in [0.5, 0.6) is 0 Å². The Morgan fingerprint density at radius 2 is 2.29 bits per heavy atom. The van der Waals surface area contributed by atoms with Crippen molar-refractivity contribution in [1.82, 2.24) is 0 Å². The van der Waals surface area contributed by atoms with Crippen molar-refractivity contribution in [2.75, 3.05) is 6.61 Å². The maximum Gasteiger partial charge on any atom is 0.309 e. The molecule has 1 fully saturated rings. The molecule has 80 valence electrons. The Balaban J connectivity index is 2.28. The Morgan fingerprint density at radius 3 is 2.93 bits per heavy atom. The molecule has 1 aliphatic rings. The van der Waals surface area contributed by atoms with Crippen LogP contribution in [0.4, 0.5) is 0 Å². The predicted molar refractivity (Wildman–Crippen MR) is 56.9 cm³/mol. The highest BCUT2D eigenvalue weighted by molar-refractivity contribution is 5.72. The number of esters is 1. The number of hydrogen-bond acceptors (Lipinski definition) is 2. The first-order chi connectivity index (χ1) is 6.74. The van der Waals surface area contributed by atoms with Crippen LogP contribution >= 0.6 is 0 Å². The van der Waals surface area contributed by atoms with Crippen LogP contribution in [-0.4, -0.2) is 12.6 Å². The van der Waals surface area contributed by atoms with Crippen LogP contribution in [0, 0.1) is 11.8 Å². The summed E-state index contributed by atoms with van der Waals surface area (Å²) in [5.74, 6) is 0.835. The zero-order valence-corrected chi connectivity index (χ0v) is 9.16. The quantitative estimate of drug-likeness (QED) is 0.512. The minimum absolute atomic E-state index is 0.00495. The monoisotopic (exact) mass is 196 g/mol. The molecule has 0 saturated heterocycles. The van der Waals surface area contributed by atoms with Gasteiger partial charge < -0.3 is 4.74 Å². The van der Waals surface area contributed by atoms with E-state index in [0.717, 1.165) is 12.8 Å². The van der Waals surface area contributed by atoms with Gasteiger partial charge in [-0.05, 0) is 25.7 Å². The highest BCUT2D eigenvalue weighted by atomic mass is 16.5. The fraction of sp³-hybridized carbons (Fsp3) is 0.750. The summed E-state index contributed by atoms with van der Waals surface area (Å²) in [6, 6.07) is 0. The van der Waals surface area contributed by atoms with Crippen LogP contribution in [0.3, 0.4) is 0 Å². The smallest absolute Gasteiger partial charge is 0.309 e. The van der Waals surface area contributed by atoms with Crippen LogP contribution in [0.2, 0.25) is 0 Å². The Labute approximate surface area is 86.3 Å². The molecule has 2 heteroatoms. The lowest BCUT2D eigenvalue weighted by Gasteiger charge is -2.24. The van der Waals surface area contributed by atoms with E-state index in [-0.39, 0.29) is 11.9 Å². The fourth-order valence-corrected chi connectivity index (χ4v) is 1.99. The summed E-state index contributed by atoms with van der Waals surface area (Å²) in [6.45, 7) is 4.57. The molecule has 0 aromatic carbocycles. The predicted octanol–water partition coefficient (Wildman–Crippen LogP) is 2.93. The van der Waals surface area contributed by atoms with Gasteiger partial charge in [0.2, 0.25) is 0 Å². The molecule has 2 unspecified atom stereocenters. The number of rotatable bonds is 3. The average Bonchev–Trinajstić information content (AvgIpc) is 2.18. The summed E-state index contributed by atoms with van der Waals surface area (Å²) < 4.78 is 5.14. The topological polar surface area (TPSA) is 26.3 Å². The largest absolute Gasteiger partial charge is 0.461 e. The summed E-state index contributed by atoms with van der Waals surface area (Å²) in [7, 11) is 0. The lowest BCUT2D eigenvalue weighted by atomic mass is 9.82. The lowest BCUT2D eigenvalue weighted by molar-refractivity contribution is -0.148. The molecule has 1 rings (SSSR count). The number of carbonyl (C=O) groups is 1. The molecular weight excluding hydrogens is 176 g/mol. The molecule has 0 heterocycles. The number of allylic oxidation sites excluding steroid dienone is 1. The van der Waals surface area contributed by atoms with Crippen LogP contribution < -0.4 is 0 Å². The summed E-state index contributed by atoms with van der Waals surface area (Å²) >= 11 is 0. The van der Waals surface area contributed by atoms with Gasteiger partial charge in [-0.1, -0.05) is 31.9 Å². The minimum Gasteiger partial charge on any atom is -0.461 e. The van der Waals surface area contributed by atoms with Crippen molar-refractivity contribution in [3.8, 4) is 0 Å². The lowest BCUT2D eigenvalue weighted by Crippen LogP contribution is -2.23. The van der Waals surface area contributed by atoms with Crippen molar-refractivity contribution in [2.45, 2.75) is 39.5 Å². The first-order valence-electron chi connectivity index (χ1n) is 5.51. The number of ether oxygens (including phenoxy) is 1. The van der Waals surface area contributed by atoms with Crippen molar-refractivity contribution in [2.24, 2.45) is 11.8 Å². The van der Waals surface area contributed by atoms with Crippen molar-refractivity contribution in [3.63, 3.8) is 0 Å². The van der Waals surface area contributed by atoms with Gasteiger partial charge in [-0.15, -0.1) is 0 Å². The molecule has 1 aliphatic carbocycles. The molecule has 0 spiro atoms. The van der Waals surface area contributed by atoms with Gasteiger partial charge in [-0.25, -0.2) is 0 Å². The van der Waals surface area contributed by atoms with E-state index >= 15 is 0 Å². The van der Waals surface area contributed by atoms with Crippen molar-refractivity contribution >= 4 is 5.97 Å². The zero-order valence-electron chi connectivity index (χ0n) is 9.16. The summed E-state index contributed by atoms with van der Waals surface area (Å²) in [5, 5.41) is 0. The molecule has 1 saturated carbocycles. The van der Waals surface area contributed by atoms with E-state index in [9.17, 15) is 4.79 Å². The number of hydrogen-bond donors (Lipinski definition) is 0. The van der Waals surface area contributed by atoms with E-state index in [1.165, 1.54) is 12.8 Å². The Kier molecular flexibility index (Phi) is 4.71. The zero-order chi connectivity index (χ0) is 10.4. The van der Waals surface area contributed by atoms with Gasteiger partial charge >= 0.3 is 5.97 Å². The van der Waals surface area contributed by atoms with Gasteiger partial charge in [0.15, 0.2) is 0 Å². The molecule has 0 aliphatic heterocycles. The van der Waals surface area contributed by atoms with Gasteiger partial charge in [0.1, 0.15) is 6.61 Å². The third-order valence-electron chi connectivity index (χ3n) is 2.83. The number of carbonyl (C=O) groups excluding carboxylic acids is 1. The average molecular weight is 196 g/mol. The molecular formula is C12H20O2. The van der Waals surface area contributed by atoms with E-state index in [2.05, 4.69) is 6.92 Å². The molecule has 0 amide bonds. The highest BCUT2D eigenvalue weighted by Crippen LogP contribution is 2.29. The molecule has 0 aromatic rings. The third kappa shape index (κ3) is 3.52. The molecule has 0 radical (unpaired) electrons. The maximum atomic E-state index is 11.6. The normalized spacial score (nSPS) is 27.9. The van der Waals surface area contributed by atoms with Crippen molar-refractivity contribution < 1.29 is 9.53 Å².